The molecular weight excluding hydrogens is 454 g/mol. The van der Waals surface area contributed by atoms with Gasteiger partial charge in [-0.1, -0.05) is 93.4 Å². The topological polar surface area (TPSA) is 29.5 Å². The summed E-state index contributed by atoms with van der Waals surface area (Å²) in [5.41, 5.74) is 0.681. The van der Waals surface area contributed by atoms with Crippen molar-refractivity contribution in [3.8, 4) is 0 Å². The van der Waals surface area contributed by atoms with Crippen molar-refractivity contribution in [1.82, 2.24) is 4.90 Å². The maximum absolute atomic E-state index is 12.8. The fourth-order valence-corrected chi connectivity index (χ4v) is 6.40. The molecule has 0 aliphatic rings. The molecule has 0 amide bonds. The van der Waals surface area contributed by atoms with Gasteiger partial charge in [0, 0.05) is 22.5 Å². The molecule has 1 rings (SSSR count). The second kappa shape index (κ2) is 15.3. The maximum Gasteiger partial charge on any atom is 0.338 e. The van der Waals surface area contributed by atoms with E-state index >= 15 is 0 Å². The lowest BCUT2D eigenvalue weighted by Crippen LogP contribution is -2.63. The molecular formula is C34H61NO2. The van der Waals surface area contributed by atoms with Crippen LogP contribution in [0.4, 0.5) is 0 Å². The molecule has 0 spiro atoms. The molecule has 0 radical (unpaired) electrons. The molecule has 214 valence electrons. The molecule has 1 aromatic carbocycles. The van der Waals surface area contributed by atoms with Gasteiger partial charge in [0.2, 0.25) is 0 Å². The number of carbonyl (C=O) groups excluding carboxylic acids is 1. The third-order valence-electron chi connectivity index (χ3n) is 9.60. The van der Waals surface area contributed by atoms with E-state index in [0.717, 1.165) is 25.7 Å². The van der Waals surface area contributed by atoms with Crippen molar-refractivity contribution in [3.63, 3.8) is 0 Å². The van der Waals surface area contributed by atoms with Gasteiger partial charge >= 0.3 is 5.97 Å². The summed E-state index contributed by atoms with van der Waals surface area (Å²) in [5.74, 6) is 1.19. The Morgan fingerprint density at radius 3 is 1.84 bits per heavy atom. The van der Waals surface area contributed by atoms with Gasteiger partial charge in [-0.3, -0.25) is 4.90 Å². The Bertz CT molecular complexity index is 779. The van der Waals surface area contributed by atoms with Crippen molar-refractivity contribution < 1.29 is 9.53 Å². The quantitative estimate of drug-likeness (QED) is 0.182. The highest BCUT2D eigenvalue weighted by Crippen LogP contribution is 2.46. The van der Waals surface area contributed by atoms with Crippen LogP contribution in [-0.2, 0) is 4.74 Å². The lowest BCUT2D eigenvalue weighted by molar-refractivity contribution is -0.0892. The largest absolute Gasteiger partial charge is 0.462 e. The van der Waals surface area contributed by atoms with Gasteiger partial charge in [0.15, 0.2) is 0 Å². The summed E-state index contributed by atoms with van der Waals surface area (Å²) in [4.78, 5) is 15.8. The number of carbonyl (C=O) groups is 1. The van der Waals surface area contributed by atoms with E-state index in [-0.39, 0.29) is 22.5 Å². The zero-order chi connectivity index (χ0) is 28.3. The van der Waals surface area contributed by atoms with Crippen LogP contribution in [0.2, 0.25) is 0 Å². The molecule has 0 N–H and O–H groups in total. The number of esters is 1. The molecule has 0 heterocycles. The van der Waals surface area contributed by atoms with Gasteiger partial charge in [-0.25, -0.2) is 4.79 Å². The summed E-state index contributed by atoms with van der Waals surface area (Å²) in [6.45, 7) is 26.7. The molecule has 1 aromatic rings. The smallest absolute Gasteiger partial charge is 0.338 e. The molecule has 0 fully saturated rings. The Morgan fingerprint density at radius 2 is 1.38 bits per heavy atom. The van der Waals surface area contributed by atoms with Crippen LogP contribution in [0.1, 0.15) is 144 Å². The lowest BCUT2D eigenvalue weighted by Gasteiger charge is -2.58. The molecule has 0 aromatic heterocycles. The minimum Gasteiger partial charge on any atom is -0.462 e. The number of nitrogens with zero attached hydrogens (tertiary/aromatic N) is 1. The maximum atomic E-state index is 12.8. The zero-order valence-electron chi connectivity index (χ0n) is 26.5. The first kappa shape index (κ1) is 33.7. The van der Waals surface area contributed by atoms with E-state index in [1.54, 1.807) is 0 Å². The van der Waals surface area contributed by atoms with Crippen LogP contribution >= 0.6 is 0 Å². The van der Waals surface area contributed by atoms with E-state index in [9.17, 15) is 4.79 Å². The first-order chi connectivity index (χ1) is 17.4. The number of hydrogen-bond acceptors (Lipinski definition) is 3. The highest BCUT2D eigenvalue weighted by Gasteiger charge is 2.48. The zero-order valence-corrected chi connectivity index (χ0v) is 26.5. The molecule has 0 bridgehead atoms. The van der Waals surface area contributed by atoms with Gasteiger partial charge in [0.1, 0.15) is 0 Å². The second-order valence-corrected chi connectivity index (χ2v) is 12.9. The summed E-state index contributed by atoms with van der Waals surface area (Å²) >= 11 is 0. The minimum atomic E-state index is -0.214. The van der Waals surface area contributed by atoms with Crippen LogP contribution in [0.3, 0.4) is 0 Å². The van der Waals surface area contributed by atoms with Crippen molar-refractivity contribution in [1.29, 1.82) is 0 Å². The molecule has 0 saturated carbocycles. The van der Waals surface area contributed by atoms with Gasteiger partial charge in [-0.05, 0) is 82.8 Å². The number of rotatable bonds is 18. The fourth-order valence-electron chi connectivity index (χ4n) is 6.40. The highest BCUT2D eigenvalue weighted by molar-refractivity contribution is 5.89. The Hall–Kier alpha value is -1.35. The SMILES string of the molecule is CCC(C)CC(CC)N(C(C)(CC)CC(C)CC)C(C)(CC)CC(C)(CC)COC(=O)c1ccccc1. The van der Waals surface area contributed by atoms with Crippen molar-refractivity contribution in [2.24, 2.45) is 17.3 Å². The van der Waals surface area contributed by atoms with Gasteiger partial charge in [-0.2, -0.15) is 0 Å². The molecule has 6 atom stereocenters. The highest BCUT2D eigenvalue weighted by atomic mass is 16.5. The van der Waals surface area contributed by atoms with E-state index in [4.69, 9.17) is 4.74 Å². The molecule has 0 aliphatic heterocycles. The summed E-state index contributed by atoms with van der Waals surface area (Å²) in [7, 11) is 0. The van der Waals surface area contributed by atoms with E-state index < -0.39 is 0 Å². The Labute approximate surface area is 231 Å². The standard InChI is InChI=1S/C34H61NO2/c1-12-27(7)23-30(14-3)35(33(10,16-5)24-28(8)13-2)34(11,17-6)25-32(9,15-4)26-37-31(36)29-21-19-18-20-22-29/h18-22,27-28,30H,12-17,23-26H2,1-11H3. The van der Waals surface area contributed by atoms with E-state index in [2.05, 4.69) is 81.1 Å². The van der Waals surface area contributed by atoms with Crippen molar-refractivity contribution >= 4 is 5.97 Å². The van der Waals surface area contributed by atoms with Crippen LogP contribution in [0.5, 0.6) is 0 Å². The van der Waals surface area contributed by atoms with Crippen molar-refractivity contribution in [2.45, 2.75) is 151 Å². The molecule has 37 heavy (non-hydrogen) atoms. The van der Waals surface area contributed by atoms with Gasteiger partial charge in [-0.15, -0.1) is 0 Å². The molecule has 0 aliphatic carbocycles. The third-order valence-corrected chi connectivity index (χ3v) is 9.60. The summed E-state index contributed by atoms with van der Waals surface area (Å²) in [5, 5.41) is 0. The lowest BCUT2D eigenvalue weighted by atomic mass is 9.70. The molecule has 6 unspecified atom stereocenters. The Kier molecular flexibility index (Phi) is 13.9. The summed E-state index contributed by atoms with van der Waals surface area (Å²) in [6, 6.07) is 9.95. The third kappa shape index (κ3) is 9.41. The normalized spacial score (nSPS) is 19.4. The predicted octanol–water partition coefficient (Wildman–Crippen LogP) is 9.94. The number of benzene rings is 1. The number of ether oxygens (including phenoxy) is 1. The van der Waals surface area contributed by atoms with E-state index in [1.165, 1.54) is 32.1 Å². The fraction of sp³-hybridized carbons (Fsp3) is 0.794. The summed E-state index contributed by atoms with van der Waals surface area (Å²) < 4.78 is 5.96. The average Bonchev–Trinajstić information content (AvgIpc) is 2.91. The van der Waals surface area contributed by atoms with Crippen LogP contribution < -0.4 is 0 Å². The van der Waals surface area contributed by atoms with Gasteiger partial charge in [0.05, 0.1) is 12.2 Å². The van der Waals surface area contributed by atoms with E-state index in [0.29, 0.717) is 30.0 Å². The van der Waals surface area contributed by atoms with E-state index in [1.807, 2.05) is 30.3 Å². The molecule has 3 nitrogen and oxygen atoms in total. The van der Waals surface area contributed by atoms with Crippen LogP contribution in [-0.4, -0.2) is 34.6 Å². The van der Waals surface area contributed by atoms with Crippen LogP contribution in [0.25, 0.3) is 0 Å². The van der Waals surface area contributed by atoms with Crippen molar-refractivity contribution in [2.75, 3.05) is 6.61 Å². The monoisotopic (exact) mass is 515 g/mol. The molecule has 3 heteroatoms. The van der Waals surface area contributed by atoms with Crippen molar-refractivity contribution in [3.05, 3.63) is 35.9 Å². The second-order valence-electron chi connectivity index (χ2n) is 12.9. The Morgan fingerprint density at radius 1 is 0.811 bits per heavy atom. The summed E-state index contributed by atoms with van der Waals surface area (Å²) in [6.07, 6.45) is 10.3. The minimum absolute atomic E-state index is 0.0102. The van der Waals surface area contributed by atoms with Gasteiger partial charge < -0.3 is 4.74 Å². The van der Waals surface area contributed by atoms with Crippen LogP contribution in [0, 0.1) is 17.3 Å². The number of hydrogen-bond donors (Lipinski definition) is 0. The first-order valence-electron chi connectivity index (χ1n) is 15.4. The average molecular weight is 516 g/mol. The predicted molar refractivity (Wildman–Crippen MR) is 161 cm³/mol. The molecule has 0 saturated heterocycles. The van der Waals surface area contributed by atoms with Crippen LogP contribution in [0.15, 0.2) is 30.3 Å². The Balaban J connectivity index is 3.41. The van der Waals surface area contributed by atoms with Gasteiger partial charge in [0.25, 0.3) is 0 Å². The first-order valence-corrected chi connectivity index (χ1v) is 15.4.